The van der Waals surface area contributed by atoms with Crippen molar-refractivity contribution >= 4 is 40.4 Å². The molecule has 1 aliphatic rings. The maximum Gasteiger partial charge on any atom is 0.286 e. The molecule has 0 aliphatic carbocycles. The van der Waals surface area contributed by atoms with Gasteiger partial charge in [0.1, 0.15) is 12.4 Å². The molecular weight excluding hydrogens is 448 g/mol. The first-order chi connectivity index (χ1) is 15.5. The zero-order valence-corrected chi connectivity index (χ0v) is 19.2. The van der Waals surface area contributed by atoms with Gasteiger partial charge in [-0.3, -0.25) is 9.59 Å². The van der Waals surface area contributed by atoms with Crippen molar-refractivity contribution in [1.29, 1.82) is 0 Å². The Bertz CT molecular complexity index is 1080. The maximum absolute atomic E-state index is 12.6. The van der Waals surface area contributed by atoms with Gasteiger partial charge in [-0.1, -0.05) is 29.9 Å². The fraction of sp³-hybridized carbons (Fsp3) is 0.304. The third kappa shape index (κ3) is 5.63. The first-order valence-corrected chi connectivity index (χ1v) is 11.6. The van der Waals surface area contributed by atoms with E-state index in [1.807, 2.05) is 4.90 Å². The molecule has 4 rings (SSSR count). The predicted octanol–water partition coefficient (Wildman–Crippen LogP) is 4.89. The second-order valence-electron chi connectivity index (χ2n) is 7.75. The van der Waals surface area contributed by atoms with Crippen molar-refractivity contribution < 1.29 is 14.3 Å². The number of piperidine rings is 1. The molecule has 1 fully saturated rings. The van der Waals surface area contributed by atoms with Gasteiger partial charge in [-0.05, 0) is 67.3 Å². The van der Waals surface area contributed by atoms with Gasteiger partial charge in [0.05, 0.1) is 0 Å². The minimum absolute atomic E-state index is 0.0317. The quantitative estimate of drug-likeness (QED) is 0.554. The largest absolute Gasteiger partial charge is 0.486 e. The third-order valence-electron chi connectivity index (χ3n) is 5.30. The standard InChI is InChI=1S/C23H23ClN4O3S/c1-15-10-12-28(13-11-15)23(30)16-2-6-18(7-3-16)25-21(29)22-27-26-20(32-22)14-31-19-8-4-17(24)5-9-19/h2-9,15H,10-14H2,1H3,(H,25,29). The predicted molar refractivity (Wildman–Crippen MR) is 124 cm³/mol. The van der Waals surface area contributed by atoms with Crippen molar-refractivity contribution in [3.8, 4) is 5.75 Å². The van der Waals surface area contributed by atoms with Gasteiger partial charge in [0.15, 0.2) is 5.01 Å². The van der Waals surface area contributed by atoms with Crippen molar-refractivity contribution in [1.82, 2.24) is 15.1 Å². The molecule has 9 heteroatoms. The molecule has 2 amide bonds. The van der Waals surface area contributed by atoms with Gasteiger partial charge in [-0.15, -0.1) is 10.2 Å². The summed E-state index contributed by atoms with van der Waals surface area (Å²) in [7, 11) is 0. The lowest BCUT2D eigenvalue weighted by atomic mass is 9.98. The molecule has 1 N–H and O–H groups in total. The van der Waals surface area contributed by atoms with Crippen LogP contribution in [0.25, 0.3) is 0 Å². The van der Waals surface area contributed by atoms with Crippen molar-refractivity contribution in [2.75, 3.05) is 18.4 Å². The van der Waals surface area contributed by atoms with E-state index < -0.39 is 0 Å². The second-order valence-corrected chi connectivity index (χ2v) is 9.25. The van der Waals surface area contributed by atoms with Crippen molar-refractivity contribution in [2.24, 2.45) is 5.92 Å². The minimum atomic E-state index is -0.357. The van der Waals surface area contributed by atoms with E-state index in [1.54, 1.807) is 48.5 Å². The number of benzene rings is 2. The number of aromatic nitrogens is 2. The Hall–Kier alpha value is -2.97. The Morgan fingerprint density at radius 2 is 1.78 bits per heavy atom. The lowest BCUT2D eigenvalue weighted by Gasteiger charge is -2.30. The van der Waals surface area contributed by atoms with E-state index in [1.165, 1.54) is 0 Å². The van der Waals surface area contributed by atoms with E-state index in [-0.39, 0.29) is 23.4 Å². The number of likely N-dealkylation sites (tertiary alicyclic amines) is 1. The lowest BCUT2D eigenvalue weighted by Crippen LogP contribution is -2.37. The van der Waals surface area contributed by atoms with E-state index in [9.17, 15) is 9.59 Å². The van der Waals surface area contributed by atoms with Gasteiger partial charge in [-0.2, -0.15) is 0 Å². The molecule has 2 aromatic carbocycles. The fourth-order valence-corrected chi connectivity index (χ4v) is 4.13. The van der Waals surface area contributed by atoms with Gasteiger partial charge in [0.2, 0.25) is 5.01 Å². The second kappa shape index (κ2) is 10.1. The van der Waals surface area contributed by atoms with E-state index in [0.717, 1.165) is 37.3 Å². The Morgan fingerprint density at radius 3 is 2.47 bits per heavy atom. The van der Waals surface area contributed by atoms with Crippen LogP contribution in [-0.2, 0) is 6.61 Å². The van der Waals surface area contributed by atoms with Gasteiger partial charge in [-0.25, -0.2) is 0 Å². The molecule has 7 nitrogen and oxygen atoms in total. The van der Waals surface area contributed by atoms with Crippen LogP contribution in [0.4, 0.5) is 5.69 Å². The van der Waals surface area contributed by atoms with Crippen LogP contribution in [0, 0.1) is 5.92 Å². The molecule has 2 heterocycles. The molecule has 1 aliphatic heterocycles. The number of ether oxygens (including phenoxy) is 1. The van der Waals surface area contributed by atoms with Gasteiger partial charge in [0.25, 0.3) is 11.8 Å². The Kier molecular flexibility index (Phi) is 7.02. The maximum atomic E-state index is 12.6. The number of hydrogen-bond donors (Lipinski definition) is 1. The fourth-order valence-electron chi connectivity index (χ4n) is 3.35. The summed E-state index contributed by atoms with van der Waals surface area (Å²) < 4.78 is 5.63. The monoisotopic (exact) mass is 470 g/mol. The molecule has 0 radical (unpaired) electrons. The number of nitrogens with zero attached hydrogens (tertiary/aromatic N) is 3. The number of nitrogens with one attached hydrogen (secondary N) is 1. The molecule has 1 aromatic heterocycles. The normalized spacial score (nSPS) is 14.2. The van der Waals surface area contributed by atoms with Crippen LogP contribution in [0.3, 0.4) is 0 Å². The van der Waals surface area contributed by atoms with Crippen LogP contribution in [0.15, 0.2) is 48.5 Å². The van der Waals surface area contributed by atoms with Gasteiger partial charge in [0, 0.05) is 29.4 Å². The summed E-state index contributed by atoms with van der Waals surface area (Å²) in [6.07, 6.45) is 2.07. The van der Waals surface area contributed by atoms with Crippen LogP contribution in [0.2, 0.25) is 5.02 Å². The summed E-state index contributed by atoms with van der Waals surface area (Å²) in [6.45, 7) is 4.00. The molecule has 32 heavy (non-hydrogen) atoms. The number of hydrogen-bond acceptors (Lipinski definition) is 6. The van der Waals surface area contributed by atoms with Crippen LogP contribution in [-0.4, -0.2) is 40.0 Å². The summed E-state index contributed by atoms with van der Waals surface area (Å²) in [6, 6.07) is 13.9. The van der Waals surface area contributed by atoms with Crippen LogP contribution < -0.4 is 10.1 Å². The highest BCUT2D eigenvalue weighted by Crippen LogP contribution is 2.21. The highest BCUT2D eigenvalue weighted by molar-refractivity contribution is 7.13. The SMILES string of the molecule is CC1CCN(C(=O)c2ccc(NC(=O)c3nnc(COc4ccc(Cl)cc4)s3)cc2)CC1. The van der Waals surface area contributed by atoms with Gasteiger partial charge >= 0.3 is 0 Å². The zero-order chi connectivity index (χ0) is 22.5. The molecule has 166 valence electrons. The Balaban J connectivity index is 1.31. The van der Waals surface area contributed by atoms with Crippen molar-refractivity contribution in [3.63, 3.8) is 0 Å². The average Bonchev–Trinajstić information content (AvgIpc) is 3.29. The van der Waals surface area contributed by atoms with E-state index in [4.69, 9.17) is 16.3 Å². The number of carbonyl (C=O) groups excluding carboxylic acids is 2. The summed E-state index contributed by atoms with van der Waals surface area (Å²) in [4.78, 5) is 27.0. The topological polar surface area (TPSA) is 84.4 Å². The molecule has 3 aromatic rings. The molecular formula is C23H23ClN4O3S. The summed E-state index contributed by atoms with van der Waals surface area (Å²) in [5, 5.41) is 12.2. The molecule has 0 saturated carbocycles. The lowest BCUT2D eigenvalue weighted by molar-refractivity contribution is 0.0697. The number of carbonyl (C=O) groups is 2. The molecule has 0 unspecified atom stereocenters. The molecule has 0 bridgehead atoms. The van der Waals surface area contributed by atoms with Crippen LogP contribution in [0.5, 0.6) is 5.75 Å². The molecule has 0 spiro atoms. The van der Waals surface area contributed by atoms with E-state index in [2.05, 4.69) is 22.4 Å². The summed E-state index contributed by atoms with van der Waals surface area (Å²) in [5.74, 6) is 0.999. The molecule has 1 saturated heterocycles. The van der Waals surface area contributed by atoms with E-state index >= 15 is 0 Å². The first kappa shape index (κ1) is 22.2. The van der Waals surface area contributed by atoms with Crippen LogP contribution >= 0.6 is 22.9 Å². The average molecular weight is 471 g/mol. The highest BCUT2D eigenvalue weighted by atomic mass is 35.5. The minimum Gasteiger partial charge on any atom is -0.486 e. The molecule has 0 atom stereocenters. The smallest absolute Gasteiger partial charge is 0.286 e. The van der Waals surface area contributed by atoms with Crippen molar-refractivity contribution in [2.45, 2.75) is 26.4 Å². The van der Waals surface area contributed by atoms with Gasteiger partial charge < -0.3 is 15.0 Å². The number of rotatable bonds is 6. The third-order valence-corrected chi connectivity index (χ3v) is 6.45. The first-order valence-electron chi connectivity index (χ1n) is 10.4. The number of halogens is 1. The Morgan fingerprint density at radius 1 is 1.09 bits per heavy atom. The Labute approximate surface area is 195 Å². The highest BCUT2D eigenvalue weighted by Gasteiger charge is 2.21. The summed E-state index contributed by atoms with van der Waals surface area (Å²) >= 11 is 7.02. The van der Waals surface area contributed by atoms with Crippen LogP contribution in [0.1, 0.15) is 44.9 Å². The number of amides is 2. The zero-order valence-electron chi connectivity index (χ0n) is 17.6. The summed E-state index contributed by atoms with van der Waals surface area (Å²) in [5.41, 5.74) is 1.21. The number of anilines is 1. The van der Waals surface area contributed by atoms with Crippen molar-refractivity contribution in [3.05, 3.63) is 69.1 Å². The van der Waals surface area contributed by atoms with E-state index in [0.29, 0.717) is 32.9 Å².